The van der Waals surface area contributed by atoms with Crippen LogP contribution in [0, 0.1) is 0 Å². The summed E-state index contributed by atoms with van der Waals surface area (Å²) in [5.74, 6) is -2.16. The van der Waals surface area contributed by atoms with Gasteiger partial charge in [0.1, 0.15) is 0 Å². The molecule has 0 aliphatic carbocycles. The number of Topliss-reactive ketones (excluding diaryl/α,β-unsaturated/α-hetero) is 1. The zero-order valence-corrected chi connectivity index (χ0v) is 11.3. The molecule has 20 heavy (non-hydrogen) atoms. The zero-order valence-electron chi connectivity index (χ0n) is 10.5. The van der Waals surface area contributed by atoms with E-state index < -0.39 is 23.5 Å². The maximum absolute atomic E-state index is 12.2. The van der Waals surface area contributed by atoms with Crippen molar-refractivity contribution in [2.24, 2.45) is 0 Å². The fraction of sp³-hybridized carbons (Fsp3) is 0.133. The Labute approximate surface area is 119 Å². The summed E-state index contributed by atoms with van der Waals surface area (Å²) in [4.78, 5) is 37.8. The van der Waals surface area contributed by atoms with Crippen molar-refractivity contribution in [2.75, 3.05) is 6.54 Å². The molecule has 100 valence electrons. The first-order valence-electron chi connectivity index (χ1n) is 6.17. The number of hydrogen-bond donors (Lipinski definition) is 0. The maximum atomic E-state index is 12.2. The van der Waals surface area contributed by atoms with Crippen LogP contribution in [0.2, 0.25) is 0 Å². The second-order valence-corrected chi connectivity index (χ2v) is 5.47. The van der Waals surface area contributed by atoms with E-state index in [0.29, 0.717) is 4.88 Å². The van der Waals surface area contributed by atoms with Gasteiger partial charge >= 0.3 is 0 Å². The lowest BCUT2D eigenvalue weighted by Crippen LogP contribution is -2.33. The Kier molecular flexibility index (Phi) is 3.20. The molecule has 2 amide bonds. The predicted molar refractivity (Wildman–Crippen MR) is 74.6 cm³/mol. The molecule has 1 fully saturated rings. The molecule has 1 atom stereocenters. The Hall–Kier alpha value is -2.27. The van der Waals surface area contributed by atoms with E-state index >= 15 is 0 Å². The third kappa shape index (κ3) is 2.06. The van der Waals surface area contributed by atoms with Crippen LogP contribution in [0.5, 0.6) is 0 Å². The van der Waals surface area contributed by atoms with Crippen LogP contribution in [0.15, 0.2) is 47.8 Å². The lowest BCUT2D eigenvalue weighted by atomic mass is 9.97. The Morgan fingerprint density at radius 3 is 2.50 bits per heavy atom. The van der Waals surface area contributed by atoms with Gasteiger partial charge in [0, 0.05) is 6.54 Å². The first kappa shape index (κ1) is 12.7. The van der Waals surface area contributed by atoms with Gasteiger partial charge in [0.05, 0.1) is 10.8 Å². The summed E-state index contributed by atoms with van der Waals surface area (Å²) >= 11 is 1.26. The molecule has 0 N–H and O–H groups in total. The Morgan fingerprint density at radius 1 is 1.10 bits per heavy atom. The van der Waals surface area contributed by atoms with Crippen LogP contribution in [-0.2, 0) is 9.59 Å². The number of carbonyl (C=O) groups excluding carboxylic acids is 3. The van der Waals surface area contributed by atoms with Crippen molar-refractivity contribution in [1.82, 2.24) is 4.90 Å². The molecule has 0 spiro atoms. The average Bonchev–Trinajstić information content (AvgIpc) is 3.10. The number of carbonyl (C=O) groups is 3. The van der Waals surface area contributed by atoms with E-state index in [9.17, 15) is 14.4 Å². The van der Waals surface area contributed by atoms with Gasteiger partial charge in [-0.1, -0.05) is 36.4 Å². The summed E-state index contributed by atoms with van der Waals surface area (Å²) in [7, 11) is 0. The highest BCUT2D eigenvalue weighted by molar-refractivity contribution is 7.12. The van der Waals surface area contributed by atoms with Gasteiger partial charge in [-0.3, -0.25) is 19.3 Å². The van der Waals surface area contributed by atoms with E-state index in [4.69, 9.17) is 0 Å². The Morgan fingerprint density at radius 2 is 1.85 bits per heavy atom. The van der Waals surface area contributed by atoms with Crippen molar-refractivity contribution in [3.63, 3.8) is 0 Å². The second-order valence-electron chi connectivity index (χ2n) is 4.53. The number of nitrogens with zero attached hydrogens (tertiary/aromatic N) is 1. The number of thiophene rings is 1. The van der Waals surface area contributed by atoms with E-state index in [1.165, 1.54) is 11.3 Å². The van der Waals surface area contributed by atoms with Crippen LogP contribution in [-0.4, -0.2) is 29.0 Å². The van der Waals surface area contributed by atoms with E-state index in [-0.39, 0.29) is 6.54 Å². The normalized spacial score (nSPS) is 18.6. The molecule has 5 heteroatoms. The molecule has 4 nitrogen and oxygen atoms in total. The highest BCUT2D eigenvalue weighted by Gasteiger charge is 2.43. The quantitative estimate of drug-likeness (QED) is 0.627. The molecule has 0 unspecified atom stereocenters. The third-order valence-corrected chi connectivity index (χ3v) is 4.17. The van der Waals surface area contributed by atoms with Gasteiger partial charge < -0.3 is 0 Å². The van der Waals surface area contributed by atoms with Crippen LogP contribution >= 0.6 is 11.3 Å². The minimum Gasteiger partial charge on any atom is -0.288 e. The molecule has 2 aromatic rings. The number of ketones is 1. The predicted octanol–water partition coefficient (Wildman–Crippen LogP) is 2.08. The molecule has 1 aliphatic heterocycles. The van der Waals surface area contributed by atoms with Crippen LogP contribution in [0.4, 0.5) is 0 Å². The van der Waals surface area contributed by atoms with E-state index in [1.54, 1.807) is 29.6 Å². The summed E-state index contributed by atoms with van der Waals surface area (Å²) in [5, 5.41) is 1.77. The highest BCUT2D eigenvalue weighted by Crippen LogP contribution is 2.27. The van der Waals surface area contributed by atoms with E-state index in [0.717, 1.165) is 10.5 Å². The summed E-state index contributed by atoms with van der Waals surface area (Å²) in [6, 6.07) is 12.5. The van der Waals surface area contributed by atoms with Gasteiger partial charge in [-0.2, -0.15) is 0 Å². The number of rotatable bonds is 2. The first-order valence-corrected chi connectivity index (χ1v) is 7.05. The summed E-state index contributed by atoms with van der Waals surface area (Å²) < 4.78 is 0. The molecule has 2 heterocycles. The lowest BCUT2D eigenvalue weighted by molar-refractivity contribution is -0.139. The van der Waals surface area contributed by atoms with Crippen LogP contribution < -0.4 is 0 Å². The Bertz CT molecular complexity index is 664. The van der Waals surface area contributed by atoms with Gasteiger partial charge in [-0.05, 0) is 17.0 Å². The fourth-order valence-electron chi connectivity index (χ4n) is 2.28. The third-order valence-electron chi connectivity index (χ3n) is 3.32. The molecular weight excluding hydrogens is 274 g/mol. The van der Waals surface area contributed by atoms with Crippen molar-refractivity contribution in [3.05, 3.63) is 58.3 Å². The number of amides is 2. The minimum absolute atomic E-state index is 0.123. The zero-order chi connectivity index (χ0) is 14.1. The average molecular weight is 285 g/mol. The fourth-order valence-corrected chi connectivity index (χ4v) is 2.95. The first-order chi connectivity index (χ1) is 9.68. The lowest BCUT2D eigenvalue weighted by Gasteiger charge is -2.12. The molecule has 0 saturated carbocycles. The number of benzene rings is 1. The van der Waals surface area contributed by atoms with Crippen molar-refractivity contribution < 1.29 is 14.4 Å². The summed E-state index contributed by atoms with van der Waals surface area (Å²) in [5.41, 5.74) is 0.771. The number of imide groups is 1. The number of likely N-dealkylation sites (tertiary alicyclic amines) is 1. The van der Waals surface area contributed by atoms with Crippen LogP contribution in [0.25, 0.3) is 0 Å². The Balaban J connectivity index is 1.88. The molecule has 0 bridgehead atoms. The molecule has 1 aliphatic rings. The van der Waals surface area contributed by atoms with E-state index in [2.05, 4.69) is 0 Å². The standard InChI is InChI=1S/C15H11NO3S/c17-13-11(10-5-2-1-3-6-10)9-16(15(13)19)14(18)12-7-4-8-20-12/h1-8,11H,9H2/t11-/m0/s1. The van der Waals surface area contributed by atoms with Crippen LogP contribution in [0.1, 0.15) is 21.2 Å². The molecule has 3 rings (SSSR count). The minimum atomic E-state index is -0.711. The highest BCUT2D eigenvalue weighted by atomic mass is 32.1. The number of hydrogen-bond acceptors (Lipinski definition) is 4. The van der Waals surface area contributed by atoms with Crippen molar-refractivity contribution in [2.45, 2.75) is 5.92 Å². The van der Waals surface area contributed by atoms with Crippen molar-refractivity contribution in [3.8, 4) is 0 Å². The smallest absolute Gasteiger partial charge is 0.288 e. The monoisotopic (exact) mass is 285 g/mol. The van der Waals surface area contributed by atoms with Gasteiger partial charge in [0.15, 0.2) is 0 Å². The van der Waals surface area contributed by atoms with Crippen molar-refractivity contribution in [1.29, 1.82) is 0 Å². The SMILES string of the molecule is O=C1C(=O)N(C(=O)c2cccs2)C[C@H]1c1ccccc1. The molecule has 1 saturated heterocycles. The van der Waals surface area contributed by atoms with Gasteiger partial charge in [-0.15, -0.1) is 11.3 Å². The van der Waals surface area contributed by atoms with Gasteiger partial charge in [-0.25, -0.2) is 0 Å². The van der Waals surface area contributed by atoms with Crippen LogP contribution in [0.3, 0.4) is 0 Å². The molecule has 1 aromatic carbocycles. The second kappa shape index (κ2) is 5.02. The van der Waals surface area contributed by atoms with Gasteiger partial charge in [0.2, 0.25) is 5.78 Å². The van der Waals surface area contributed by atoms with E-state index in [1.807, 2.05) is 18.2 Å². The molecule has 0 radical (unpaired) electrons. The van der Waals surface area contributed by atoms with Crippen molar-refractivity contribution >= 4 is 28.9 Å². The summed E-state index contributed by atoms with van der Waals surface area (Å²) in [6.45, 7) is 0.123. The molecule has 1 aromatic heterocycles. The largest absolute Gasteiger partial charge is 0.297 e. The topological polar surface area (TPSA) is 54.5 Å². The molecular formula is C15H11NO3S. The maximum Gasteiger partial charge on any atom is 0.297 e. The summed E-state index contributed by atoms with van der Waals surface area (Å²) in [6.07, 6.45) is 0. The van der Waals surface area contributed by atoms with Gasteiger partial charge in [0.25, 0.3) is 11.8 Å².